The first-order valence-corrected chi connectivity index (χ1v) is 19.6. The lowest BCUT2D eigenvalue weighted by Gasteiger charge is -2.13. The van der Waals surface area contributed by atoms with Crippen molar-refractivity contribution in [1.29, 1.82) is 0 Å². The maximum absolute atomic E-state index is 10.5. The maximum atomic E-state index is 10.5. The zero-order valence-electron chi connectivity index (χ0n) is 33.5. The summed E-state index contributed by atoms with van der Waals surface area (Å²) in [6.07, 6.45) is 7.28. The molecule has 4 N–H and O–H groups in total. The van der Waals surface area contributed by atoms with Crippen LogP contribution in [0.25, 0.3) is 22.8 Å². The fourth-order valence-electron chi connectivity index (χ4n) is 5.50. The van der Waals surface area contributed by atoms with Gasteiger partial charge in [0.1, 0.15) is 0 Å². The average Bonchev–Trinajstić information content (AvgIpc) is 3.24. The zero-order valence-corrected chi connectivity index (χ0v) is 33.5. The van der Waals surface area contributed by atoms with Gasteiger partial charge in [0.15, 0.2) is 11.5 Å². The van der Waals surface area contributed by atoms with E-state index in [1.807, 2.05) is 74.8 Å². The van der Waals surface area contributed by atoms with Gasteiger partial charge in [-0.2, -0.15) is 0 Å². The second kappa shape index (κ2) is 25.5. The summed E-state index contributed by atoms with van der Waals surface area (Å²) in [5.74, 6) is -0.252. The summed E-state index contributed by atoms with van der Waals surface area (Å²) in [6.45, 7) is 11.6. The molecule has 0 aliphatic carbocycles. The second-order valence-corrected chi connectivity index (χ2v) is 13.5. The van der Waals surface area contributed by atoms with Gasteiger partial charge in [-0.1, -0.05) is 36.4 Å². The van der Waals surface area contributed by atoms with Gasteiger partial charge in [0, 0.05) is 62.1 Å². The van der Waals surface area contributed by atoms with Gasteiger partial charge in [-0.25, -0.2) is 0 Å². The smallest absolute Gasteiger partial charge is 0.162 e. The Bertz CT molecular complexity index is 1740. The molecule has 0 atom stereocenters. The molecule has 5 rings (SSSR count). The van der Waals surface area contributed by atoms with Gasteiger partial charge in [-0.3, -0.25) is 19.9 Å². The fraction of sp³-hybridized carbons (Fsp3) is 0.409. The number of pyridine rings is 4. The summed E-state index contributed by atoms with van der Waals surface area (Å²) in [6, 6.07) is 19.5. The topological polar surface area (TPSA) is 171 Å². The Hall–Kier alpha value is -4.90. The third-order valence-corrected chi connectivity index (χ3v) is 8.82. The molecule has 0 bridgehead atoms. The quantitative estimate of drug-likeness (QED) is 0.0379. The van der Waals surface area contributed by atoms with E-state index in [9.17, 15) is 10.2 Å². The highest BCUT2D eigenvalue weighted by Crippen LogP contribution is 2.32. The van der Waals surface area contributed by atoms with E-state index in [0.29, 0.717) is 117 Å². The molecule has 0 aliphatic rings. The molecule has 14 nitrogen and oxygen atoms in total. The molecule has 14 heteroatoms. The molecular weight excluding hydrogens is 741 g/mol. The number of phenols is 2. The second-order valence-electron chi connectivity index (χ2n) is 13.5. The van der Waals surface area contributed by atoms with E-state index >= 15 is 0 Å². The van der Waals surface area contributed by atoms with Crippen LogP contribution in [0.4, 0.5) is 0 Å². The van der Waals surface area contributed by atoms with Gasteiger partial charge in [-0.05, 0) is 60.4 Å². The largest absolute Gasteiger partial charge is 0.504 e. The van der Waals surface area contributed by atoms with Gasteiger partial charge in [-0.15, -0.1) is 0 Å². The highest BCUT2D eigenvalue weighted by molar-refractivity contribution is 5.55. The molecule has 0 unspecified atom stereocenters. The minimum Gasteiger partial charge on any atom is -0.504 e. The summed E-state index contributed by atoms with van der Waals surface area (Å²) in [4.78, 5) is 17.8. The Morgan fingerprint density at radius 3 is 1.10 bits per heavy atom. The number of phenolic OH excluding ortho intramolecular Hbond substituents is 2. The highest BCUT2D eigenvalue weighted by Gasteiger charge is 2.11. The van der Waals surface area contributed by atoms with E-state index in [4.69, 9.17) is 28.4 Å². The van der Waals surface area contributed by atoms with Crippen LogP contribution in [0, 0.1) is 13.8 Å². The van der Waals surface area contributed by atoms with Crippen molar-refractivity contribution in [3.8, 4) is 34.3 Å². The third-order valence-electron chi connectivity index (χ3n) is 8.82. The molecule has 0 radical (unpaired) electrons. The Morgan fingerprint density at radius 1 is 0.414 bits per heavy atom. The van der Waals surface area contributed by atoms with Crippen LogP contribution in [-0.4, -0.2) is 109 Å². The van der Waals surface area contributed by atoms with Crippen molar-refractivity contribution in [3.05, 3.63) is 119 Å². The summed E-state index contributed by atoms with van der Waals surface area (Å²) in [5, 5.41) is 27.5. The SMILES string of the molecule is Cc1ccc(-c2ccc(COCCOCCOCCNCc3ccc(CNCCOCCOCCOCc4ccc(-c5ccc(C)cn5)nc4)c(O)c3O)cn2)nc1. The number of aryl methyl sites for hydroxylation is 2. The monoisotopic (exact) mass is 796 g/mol. The van der Waals surface area contributed by atoms with Crippen LogP contribution in [0.3, 0.4) is 0 Å². The van der Waals surface area contributed by atoms with E-state index in [2.05, 4.69) is 30.6 Å². The number of nitrogens with zero attached hydrogens (tertiary/aromatic N) is 4. The van der Waals surface area contributed by atoms with Gasteiger partial charge >= 0.3 is 0 Å². The molecular formula is C44H56N6O8. The number of aromatic nitrogens is 4. The normalized spacial score (nSPS) is 11.3. The number of nitrogens with one attached hydrogen (secondary N) is 2. The van der Waals surface area contributed by atoms with Gasteiger partial charge in [0.2, 0.25) is 0 Å². The molecule has 0 amide bonds. The first-order valence-electron chi connectivity index (χ1n) is 19.6. The predicted molar refractivity (Wildman–Crippen MR) is 220 cm³/mol. The summed E-state index contributed by atoms with van der Waals surface area (Å²) < 4.78 is 33.8. The lowest BCUT2D eigenvalue weighted by molar-refractivity contribution is 0.0111. The van der Waals surface area contributed by atoms with Crippen molar-refractivity contribution >= 4 is 0 Å². The summed E-state index contributed by atoms with van der Waals surface area (Å²) in [7, 11) is 0. The van der Waals surface area contributed by atoms with Crippen LogP contribution in [0.2, 0.25) is 0 Å². The molecule has 5 aromatic rings. The lowest BCUT2D eigenvalue weighted by Crippen LogP contribution is -2.21. The molecule has 4 aromatic heterocycles. The molecule has 0 saturated carbocycles. The van der Waals surface area contributed by atoms with Crippen molar-refractivity contribution in [3.63, 3.8) is 0 Å². The minimum atomic E-state index is -0.126. The Kier molecular flexibility index (Phi) is 19.4. The number of hydrogen-bond donors (Lipinski definition) is 4. The van der Waals surface area contributed by atoms with Gasteiger partial charge in [0.25, 0.3) is 0 Å². The first kappa shape index (κ1) is 44.2. The zero-order chi connectivity index (χ0) is 40.6. The molecule has 58 heavy (non-hydrogen) atoms. The molecule has 0 aliphatic heterocycles. The van der Waals surface area contributed by atoms with E-state index < -0.39 is 0 Å². The van der Waals surface area contributed by atoms with Crippen molar-refractivity contribution in [2.45, 2.75) is 40.2 Å². The number of aromatic hydroxyl groups is 2. The number of hydrogen-bond acceptors (Lipinski definition) is 14. The molecule has 0 saturated heterocycles. The third kappa shape index (κ3) is 15.8. The van der Waals surface area contributed by atoms with Crippen LogP contribution in [-0.2, 0) is 54.7 Å². The van der Waals surface area contributed by atoms with Gasteiger partial charge in [0.05, 0.1) is 102 Å². The summed E-state index contributed by atoms with van der Waals surface area (Å²) in [5.41, 5.74) is 8.78. The molecule has 310 valence electrons. The predicted octanol–water partition coefficient (Wildman–Crippen LogP) is 5.31. The number of rotatable bonds is 28. The number of ether oxygens (including phenoxy) is 6. The van der Waals surface area contributed by atoms with E-state index in [1.54, 1.807) is 24.5 Å². The minimum absolute atomic E-state index is 0.126. The highest BCUT2D eigenvalue weighted by atomic mass is 16.5. The standard InChI is InChI=1S/C44H56N6O8/c1-33-3-9-39(47-25-33)41-11-5-35(27-49-41)31-57-23-21-55-19-17-53-15-13-45-29-37-7-8-38(44(52)43(37)51)30-46-14-16-54-18-20-56-22-24-58-32-36-6-12-42(50-28-36)40-10-4-34(2)26-48-40/h3-12,25-28,45-46,51-52H,13-24,29-32H2,1-2H3. The Morgan fingerprint density at radius 2 is 0.759 bits per heavy atom. The van der Waals surface area contributed by atoms with Crippen molar-refractivity contribution in [2.24, 2.45) is 0 Å². The van der Waals surface area contributed by atoms with Crippen LogP contribution >= 0.6 is 0 Å². The van der Waals surface area contributed by atoms with Crippen LogP contribution in [0.1, 0.15) is 33.4 Å². The summed E-state index contributed by atoms with van der Waals surface area (Å²) >= 11 is 0. The van der Waals surface area contributed by atoms with E-state index in [-0.39, 0.29) is 11.5 Å². The first-order chi connectivity index (χ1) is 28.5. The van der Waals surface area contributed by atoms with Gasteiger partial charge < -0.3 is 49.3 Å². The van der Waals surface area contributed by atoms with Crippen LogP contribution in [0.15, 0.2) is 85.5 Å². The lowest BCUT2D eigenvalue weighted by atomic mass is 10.1. The van der Waals surface area contributed by atoms with Crippen molar-refractivity contribution < 1.29 is 38.6 Å². The Labute approximate surface area is 340 Å². The van der Waals surface area contributed by atoms with Crippen LogP contribution in [0.5, 0.6) is 11.5 Å². The van der Waals surface area contributed by atoms with Crippen molar-refractivity contribution in [2.75, 3.05) is 79.2 Å². The van der Waals surface area contributed by atoms with E-state index in [1.165, 1.54) is 0 Å². The average molecular weight is 797 g/mol. The molecule has 0 spiro atoms. The van der Waals surface area contributed by atoms with Crippen LogP contribution < -0.4 is 10.6 Å². The molecule has 0 fully saturated rings. The Balaban J connectivity index is 0.795. The maximum Gasteiger partial charge on any atom is 0.162 e. The number of benzene rings is 1. The van der Waals surface area contributed by atoms with E-state index in [0.717, 1.165) is 45.0 Å². The molecule has 1 aromatic carbocycles. The fourth-order valence-corrected chi connectivity index (χ4v) is 5.50. The molecule has 4 heterocycles. The van der Waals surface area contributed by atoms with Crippen molar-refractivity contribution in [1.82, 2.24) is 30.6 Å².